The summed E-state index contributed by atoms with van der Waals surface area (Å²) in [4.78, 5) is 24.5. The van der Waals surface area contributed by atoms with Gasteiger partial charge in [-0.3, -0.25) is 4.79 Å². The Labute approximate surface area is 129 Å². The Morgan fingerprint density at radius 2 is 2.09 bits per heavy atom. The van der Waals surface area contributed by atoms with E-state index in [0.717, 1.165) is 10.1 Å². The Morgan fingerprint density at radius 3 is 2.77 bits per heavy atom. The van der Waals surface area contributed by atoms with Crippen molar-refractivity contribution in [3.63, 3.8) is 0 Å². The molecule has 1 aromatic carbocycles. The van der Waals surface area contributed by atoms with Gasteiger partial charge in [-0.05, 0) is 13.0 Å². The fourth-order valence-corrected chi connectivity index (χ4v) is 3.13. The topological polar surface area (TPSA) is 81.4 Å². The molecule has 0 aliphatic heterocycles. The van der Waals surface area contributed by atoms with Gasteiger partial charge >= 0.3 is 5.97 Å². The van der Waals surface area contributed by atoms with Gasteiger partial charge in [-0.2, -0.15) is 0 Å². The highest BCUT2D eigenvalue weighted by Gasteiger charge is 2.22. The molecule has 1 N–H and O–H groups in total. The zero-order valence-electron chi connectivity index (χ0n) is 11.9. The molecule has 0 atom stereocenters. The molecule has 2 aromatic heterocycles. The summed E-state index contributed by atoms with van der Waals surface area (Å²) in [7, 11) is 1.30. The molecule has 0 fully saturated rings. The van der Waals surface area contributed by atoms with E-state index >= 15 is 0 Å². The van der Waals surface area contributed by atoms with Crippen molar-refractivity contribution in [2.24, 2.45) is 0 Å². The van der Waals surface area contributed by atoms with E-state index in [2.05, 4.69) is 10.5 Å². The highest BCUT2D eigenvalue weighted by atomic mass is 32.1. The number of nitrogens with zero attached hydrogens (tertiary/aromatic N) is 1. The maximum absolute atomic E-state index is 12.2. The van der Waals surface area contributed by atoms with Gasteiger partial charge in [0.25, 0.3) is 5.91 Å². The number of nitrogens with one attached hydrogen (secondary N) is 1. The molecular weight excluding hydrogens is 304 g/mol. The molecule has 112 valence electrons. The fourth-order valence-electron chi connectivity index (χ4n) is 2.05. The van der Waals surface area contributed by atoms with Gasteiger partial charge < -0.3 is 14.6 Å². The third-order valence-corrected chi connectivity index (χ3v) is 4.21. The Kier molecular flexibility index (Phi) is 3.64. The summed E-state index contributed by atoms with van der Waals surface area (Å²) in [6, 6.07) is 8.94. The second kappa shape index (κ2) is 5.61. The van der Waals surface area contributed by atoms with Gasteiger partial charge in [-0.1, -0.05) is 23.4 Å². The van der Waals surface area contributed by atoms with Gasteiger partial charge in [0.05, 0.1) is 18.5 Å². The molecule has 6 nitrogen and oxygen atoms in total. The van der Waals surface area contributed by atoms with Crippen molar-refractivity contribution in [3.8, 4) is 0 Å². The van der Waals surface area contributed by atoms with Crippen LogP contribution in [0.5, 0.6) is 0 Å². The van der Waals surface area contributed by atoms with E-state index in [1.165, 1.54) is 24.5 Å². The molecular formula is C15H12N2O4S. The second-order valence-electron chi connectivity index (χ2n) is 4.58. The number of aromatic nitrogens is 1. The highest BCUT2D eigenvalue weighted by molar-refractivity contribution is 7.21. The number of methoxy groups -OCH3 is 1. The van der Waals surface area contributed by atoms with Crippen LogP contribution in [0, 0.1) is 6.92 Å². The SMILES string of the molecule is COC(=O)c1sc2ccccc2c1NC(=O)c1cc(C)no1. The monoisotopic (exact) mass is 316 g/mol. The van der Waals surface area contributed by atoms with E-state index < -0.39 is 11.9 Å². The third kappa shape index (κ3) is 2.46. The minimum atomic E-state index is -0.495. The molecule has 0 saturated carbocycles. The van der Waals surface area contributed by atoms with E-state index in [4.69, 9.17) is 9.26 Å². The molecule has 7 heteroatoms. The molecule has 0 unspecified atom stereocenters. The number of hydrogen-bond donors (Lipinski definition) is 1. The number of thiophene rings is 1. The van der Waals surface area contributed by atoms with Crippen molar-refractivity contribution in [2.45, 2.75) is 6.92 Å². The first-order chi connectivity index (χ1) is 10.6. The molecule has 0 saturated heterocycles. The minimum Gasteiger partial charge on any atom is -0.465 e. The molecule has 1 amide bonds. The van der Waals surface area contributed by atoms with Crippen molar-refractivity contribution in [1.82, 2.24) is 5.16 Å². The number of carbonyl (C=O) groups is 2. The van der Waals surface area contributed by atoms with Crippen LogP contribution < -0.4 is 5.32 Å². The van der Waals surface area contributed by atoms with Crippen LogP contribution in [0.2, 0.25) is 0 Å². The Hall–Kier alpha value is -2.67. The maximum Gasteiger partial charge on any atom is 0.350 e. The van der Waals surface area contributed by atoms with Gasteiger partial charge in [-0.25, -0.2) is 4.79 Å². The fraction of sp³-hybridized carbons (Fsp3) is 0.133. The number of fused-ring (bicyclic) bond motifs is 1. The van der Waals surface area contributed by atoms with Gasteiger partial charge in [0.1, 0.15) is 4.88 Å². The number of carbonyl (C=O) groups excluding carboxylic acids is 2. The van der Waals surface area contributed by atoms with Gasteiger partial charge in [0.15, 0.2) is 0 Å². The van der Waals surface area contributed by atoms with E-state index in [0.29, 0.717) is 16.3 Å². The zero-order valence-corrected chi connectivity index (χ0v) is 12.7. The van der Waals surface area contributed by atoms with Crippen LogP contribution in [0.25, 0.3) is 10.1 Å². The normalized spacial score (nSPS) is 10.6. The lowest BCUT2D eigenvalue weighted by atomic mass is 10.2. The predicted molar refractivity (Wildman–Crippen MR) is 82.4 cm³/mol. The molecule has 0 radical (unpaired) electrons. The first kappa shape index (κ1) is 14.3. The number of hydrogen-bond acceptors (Lipinski definition) is 6. The van der Waals surface area contributed by atoms with Crippen LogP contribution in [0.3, 0.4) is 0 Å². The number of amides is 1. The smallest absolute Gasteiger partial charge is 0.350 e. The van der Waals surface area contributed by atoms with Crippen molar-refractivity contribution in [1.29, 1.82) is 0 Å². The van der Waals surface area contributed by atoms with E-state index in [1.54, 1.807) is 6.92 Å². The van der Waals surface area contributed by atoms with E-state index in [-0.39, 0.29) is 5.76 Å². The van der Waals surface area contributed by atoms with E-state index in [9.17, 15) is 9.59 Å². The van der Waals surface area contributed by atoms with Crippen molar-refractivity contribution >= 4 is 39.0 Å². The number of esters is 1. The molecule has 0 bridgehead atoms. The summed E-state index contributed by atoms with van der Waals surface area (Å²) < 4.78 is 10.6. The first-order valence-electron chi connectivity index (χ1n) is 6.44. The second-order valence-corrected chi connectivity index (χ2v) is 5.63. The largest absolute Gasteiger partial charge is 0.465 e. The average molecular weight is 316 g/mol. The Balaban J connectivity index is 2.04. The van der Waals surface area contributed by atoms with E-state index in [1.807, 2.05) is 24.3 Å². The lowest BCUT2D eigenvalue weighted by Crippen LogP contribution is -2.13. The number of ether oxygens (including phenoxy) is 1. The molecule has 0 spiro atoms. The highest BCUT2D eigenvalue weighted by Crippen LogP contribution is 2.36. The quantitative estimate of drug-likeness (QED) is 0.750. The predicted octanol–water partition coefficient (Wildman–Crippen LogP) is 3.24. The Morgan fingerprint density at radius 1 is 1.32 bits per heavy atom. The van der Waals surface area contributed by atoms with Crippen LogP contribution in [-0.4, -0.2) is 24.1 Å². The summed E-state index contributed by atoms with van der Waals surface area (Å²) in [5, 5.41) is 7.17. The molecule has 22 heavy (non-hydrogen) atoms. The number of benzene rings is 1. The zero-order chi connectivity index (χ0) is 15.7. The molecule has 3 aromatic rings. The standard InChI is InChI=1S/C15H12N2O4S/c1-8-7-10(21-17-8)14(18)16-12-9-5-3-4-6-11(9)22-13(12)15(19)20-2/h3-7H,1-2H3,(H,16,18). The molecule has 0 aliphatic rings. The first-order valence-corrected chi connectivity index (χ1v) is 7.26. The summed E-state index contributed by atoms with van der Waals surface area (Å²) in [5.41, 5.74) is 1.03. The van der Waals surface area contributed by atoms with Crippen LogP contribution >= 0.6 is 11.3 Å². The minimum absolute atomic E-state index is 0.0867. The van der Waals surface area contributed by atoms with Gasteiger partial charge in [0.2, 0.25) is 5.76 Å². The molecule has 0 aliphatic carbocycles. The summed E-state index contributed by atoms with van der Waals surface area (Å²) in [6.07, 6.45) is 0. The van der Waals surface area contributed by atoms with Crippen molar-refractivity contribution < 1.29 is 18.8 Å². The third-order valence-electron chi connectivity index (χ3n) is 3.06. The van der Waals surface area contributed by atoms with Gasteiger partial charge in [-0.15, -0.1) is 11.3 Å². The summed E-state index contributed by atoms with van der Waals surface area (Å²) in [6.45, 7) is 1.72. The van der Waals surface area contributed by atoms with Gasteiger partial charge in [0, 0.05) is 16.2 Å². The lowest BCUT2D eigenvalue weighted by Gasteiger charge is -2.04. The maximum atomic E-state index is 12.2. The number of rotatable bonds is 3. The summed E-state index contributed by atoms with van der Waals surface area (Å²) >= 11 is 1.26. The lowest BCUT2D eigenvalue weighted by molar-refractivity contribution is 0.0607. The van der Waals surface area contributed by atoms with Crippen LogP contribution in [0.15, 0.2) is 34.9 Å². The molecule has 2 heterocycles. The van der Waals surface area contributed by atoms with Crippen molar-refractivity contribution in [2.75, 3.05) is 12.4 Å². The van der Waals surface area contributed by atoms with Crippen LogP contribution in [0.1, 0.15) is 25.9 Å². The van der Waals surface area contributed by atoms with Crippen LogP contribution in [-0.2, 0) is 4.74 Å². The number of anilines is 1. The number of aryl methyl sites for hydroxylation is 1. The Bertz CT molecular complexity index is 865. The average Bonchev–Trinajstić information content (AvgIpc) is 3.11. The van der Waals surface area contributed by atoms with Crippen molar-refractivity contribution in [3.05, 3.63) is 46.7 Å². The summed E-state index contributed by atoms with van der Waals surface area (Å²) in [5.74, 6) is -0.872. The molecule has 3 rings (SSSR count). The van der Waals surface area contributed by atoms with Crippen LogP contribution in [0.4, 0.5) is 5.69 Å².